The summed E-state index contributed by atoms with van der Waals surface area (Å²) >= 11 is 0. The molecule has 0 aliphatic carbocycles. The van der Waals surface area contributed by atoms with E-state index < -0.39 is 6.04 Å². The fourth-order valence-electron chi connectivity index (χ4n) is 1.31. The Morgan fingerprint density at radius 3 is 2.59 bits per heavy atom. The minimum atomic E-state index is -0.489. The highest BCUT2D eigenvalue weighted by molar-refractivity contribution is 5.99. The molecule has 4 nitrogen and oxygen atoms in total. The molecule has 1 unspecified atom stereocenters. The van der Waals surface area contributed by atoms with Crippen LogP contribution in [0.4, 0.5) is 0 Å². The Morgan fingerprint density at radius 1 is 1.35 bits per heavy atom. The normalized spacial score (nSPS) is 11.7. The van der Waals surface area contributed by atoms with Crippen LogP contribution in [0, 0.1) is 0 Å². The minimum Gasteiger partial charge on any atom is -0.493 e. The molecule has 92 valence electrons. The molecule has 1 rings (SSSR count). The van der Waals surface area contributed by atoms with Gasteiger partial charge in [0.25, 0.3) is 5.91 Å². The molecule has 0 spiro atoms. The smallest absolute Gasteiger partial charge is 0.255 e. The minimum absolute atomic E-state index is 0.0766. The second-order valence-corrected chi connectivity index (χ2v) is 3.73. The van der Waals surface area contributed by atoms with Gasteiger partial charge in [0.2, 0.25) is 0 Å². The van der Waals surface area contributed by atoms with E-state index in [4.69, 9.17) is 4.74 Å². The molecule has 0 saturated heterocycles. The lowest BCUT2D eigenvalue weighted by Crippen LogP contribution is -2.37. The maximum atomic E-state index is 11.9. The summed E-state index contributed by atoms with van der Waals surface area (Å²) in [4.78, 5) is 23.0. The Balaban J connectivity index is 2.84. The second-order valence-electron chi connectivity index (χ2n) is 3.73. The maximum Gasteiger partial charge on any atom is 0.255 e. The summed E-state index contributed by atoms with van der Waals surface area (Å²) in [6, 6.07) is 6.48. The van der Waals surface area contributed by atoms with Crippen molar-refractivity contribution < 1.29 is 14.3 Å². The van der Waals surface area contributed by atoms with Crippen molar-refractivity contribution in [2.75, 3.05) is 6.61 Å². The number of benzene rings is 1. The average Bonchev–Trinajstić information content (AvgIpc) is 2.29. The van der Waals surface area contributed by atoms with E-state index in [9.17, 15) is 9.59 Å². The van der Waals surface area contributed by atoms with Crippen molar-refractivity contribution in [1.29, 1.82) is 0 Å². The van der Waals surface area contributed by atoms with Crippen LogP contribution in [-0.4, -0.2) is 24.3 Å². The van der Waals surface area contributed by atoms with E-state index in [1.165, 1.54) is 6.92 Å². The van der Waals surface area contributed by atoms with Crippen molar-refractivity contribution in [3.05, 3.63) is 29.8 Å². The SMILES string of the molecule is CCOc1ccccc1C(=O)NC(C)C(C)=O. The van der Waals surface area contributed by atoms with Gasteiger partial charge in [-0.05, 0) is 32.9 Å². The molecule has 17 heavy (non-hydrogen) atoms. The molecular formula is C13H17NO3. The van der Waals surface area contributed by atoms with Crippen LogP contribution >= 0.6 is 0 Å². The van der Waals surface area contributed by atoms with Gasteiger partial charge in [0, 0.05) is 0 Å². The molecule has 4 heteroatoms. The summed E-state index contributed by atoms with van der Waals surface area (Å²) in [6.07, 6.45) is 0. The third-order valence-corrected chi connectivity index (χ3v) is 2.39. The van der Waals surface area contributed by atoms with E-state index in [0.717, 1.165) is 0 Å². The predicted molar refractivity (Wildman–Crippen MR) is 65.2 cm³/mol. The number of ether oxygens (including phenoxy) is 1. The molecule has 0 aromatic heterocycles. The van der Waals surface area contributed by atoms with Gasteiger partial charge >= 0.3 is 0 Å². The molecule has 0 aliphatic rings. The molecule has 1 amide bonds. The number of amides is 1. The molecule has 1 aromatic carbocycles. The van der Waals surface area contributed by atoms with Crippen LogP contribution < -0.4 is 10.1 Å². The summed E-state index contributed by atoms with van der Waals surface area (Å²) in [5.41, 5.74) is 0.447. The fourth-order valence-corrected chi connectivity index (χ4v) is 1.31. The number of hydrogen-bond acceptors (Lipinski definition) is 3. The Kier molecular flexibility index (Phi) is 4.69. The molecule has 0 radical (unpaired) electrons. The lowest BCUT2D eigenvalue weighted by Gasteiger charge is -2.13. The average molecular weight is 235 g/mol. The largest absolute Gasteiger partial charge is 0.493 e. The molecule has 1 N–H and O–H groups in total. The fraction of sp³-hybridized carbons (Fsp3) is 0.385. The number of para-hydroxylation sites is 1. The van der Waals surface area contributed by atoms with Crippen molar-refractivity contribution in [3.8, 4) is 5.75 Å². The van der Waals surface area contributed by atoms with Gasteiger partial charge in [-0.15, -0.1) is 0 Å². The molecule has 1 aromatic rings. The van der Waals surface area contributed by atoms with Crippen molar-refractivity contribution >= 4 is 11.7 Å². The Hall–Kier alpha value is -1.84. The van der Waals surface area contributed by atoms with Crippen LogP contribution in [0.2, 0.25) is 0 Å². The molecule has 1 atom stereocenters. The first kappa shape index (κ1) is 13.2. The van der Waals surface area contributed by atoms with Crippen molar-refractivity contribution in [3.63, 3.8) is 0 Å². The first-order valence-corrected chi connectivity index (χ1v) is 5.59. The number of Topliss-reactive ketones (excluding diaryl/α,β-unsaturated/α-hetero) is 1. The molecule has 0 saturated carbocycles. The third kappa shape index (κ3) is 3.59. The van der Waals surface area contributed by atoms with E-state index in [1.54, 1.807) is 31.2 Å². The Morgan fingerprint density at radius 2 is 2.00 bits per heavy atom. The first-order chi connectivity index (χ1) is 8.06. The zero-order valence-corrected chi connectivity index (χ0v) is 10.3. The number of rotatable bonds is 5. The van der Waals surface area contributed by atoms with E-state index in [-0.39, 0.29) is 11.7 Å². The summed E-state index contributed by atoms with van der Waals surface area (Å²) in [6.45, 7) is 5.45. The highest BCUT2D eigenvalue weighted by Gasteiger charge is 2.16. The molecule has 0 fully saturated rings. The van der Waals surface area contributed by atoms with Crippen LogP contribution in [0.1, 0.15) is 31.1 Å². The van der Waals surface area contributed by atoms with Crippen molar-refractivity contribution in [2.45, 2.75) is 26.8 Å². The Bertz CT molecular complexity index is 415. The van der Waals surface area contributed by atoms with Gasteiger partial charge in [-0.25, -0.2) is 0 Å². The zero-order chi connectivity index (χ0) is 12.8. The quantitative estimate of drug-likeness (QED) is 0.846. The summed E-state index contributed by atoms with van der Waals surface area (Å²) in [5.74, 6) is 0.159. The van der Waals surface area contributed by atoms with Gasteiger partial charge in [-0.1, -0.05) is 12.1 Å². The van der Waals surface area contributed by atoms with Crippen LogP contribution in [0.3, 0.4) is 0 Å². The van der Waals surface area contributed by atoms with Gasteiger partial charge < -0.3 is 10.1 Å². The van der Waals surface area contributed by atoms with E-state index in [2.05, 4.69) is 5.32 Å². The second kappa shape index (κ2) is 6.03. The molecule has 0 aliphatic heterocycles. The number of nitrogens with one attached hydrogen (secondary N) is 1. The third-order valence-electron chi connectivity index (χ3n) is 2.39. The van der Waals surface area contributed by atoms with Crippen LogP contribution in [-0.2, 0) is 4.79 Å². The van der Waals surface area contributed by atoms with Gasteiger partial charge in [0.05, 0.1) is 18.2 Å². The van der Waals surface area contributed by atoms with E-state index in [1.807, 2.05) is 6.92 Å². The summed E-state index contributed by atoms with van der Waals surface area (Å²) < 4.78 is 5.35. The first-order valence-electron chi connectivity index (χ1n) is 5.59. The summed E-state index contributed by atoms with van der Waals surface area (Å²) in [7, 11) is 0. The Labute approximate surface area is 101 Å². The van der Waals surface area contributed by atoms with E-state index >= 15 is 0 Å². The van der Waals surface area contributed by atoms with Gasteiger partial charge in [0.15, 0.2) is 5.78 Å². The highest BCUT2D eigenvalue weighted by Crippen LogP contribution is 2.17. The zero-order valence-electron chi connectivity index (χ0n) is 10.3. The van der Waals surface area contributed by atoms with Gasteiger partial charge in [-0.2, -0.15) is 0 Å². The lowest BCUT2D eigenvalue weighted by molar-refractivity contribution is -0.118. The standard InChI is InChI=1S/C13H17NO3/c1-4-17-12-8-6-5-7-11(12)13(16)14-9(2)10(3)15/h5-9H,4H2,1-3H3,(H,14,16). The van der Waals surface area contributed by atoms with Crippen LogP contribution in [0.25, 0.3) is 0 Å². The van der Waals surface area contributed by atoms with Crippen molar-refractivity contribution in [2.24, 2.45) is 0 Å². The molecule has 0 bridgehead atoms. The maximum absolute atomic E-state index is 11.9. The van der Waals surface area contributed by atoms with Crippen LogP contribution in [0.15, 0.2) is 24.3 Å². The molecule has 0 heterocycles. The monoisotopic (exact) mass is 235 g/mol. The van der Waals surface area contributed by atoms with Crippen molar-refractivity contribution in [1.82, 2.24) is 5.32 Å². The van der Waals surface area contributed by atoms with Crippen LogP contribution in [0.5, 0.6) is 5.75 Å². The topological polar surface area (TPSA) is 55.4 Å². The predicted octanol–water partition coefficient (Wildman–Crippen LogP) is 1.79. The van der Waals surface area contributed by atoms with Gasteiger partial charge in [0.1, 0.15) is 5.75 Å². The lowest BCUT2D eigenvalue weighted by atomic mass is 10.1. The highest BCUT2D eigenvalue weighted by atomic mass is 16.5. The number of hydrogen-bond donors (Lipinski definition) is 1. The van der Waals surface area contributed by atoms with E-state index in [0.29, 0.717) is 17.9 Å². The number of ketones is 1. The number of carbonyl (C=O) groups is 2. The van der Waals surface area contributed by atoms with Gasteiger partial charge in [-0.3, -0.25) is 9.59 Å². The molecular weight excluding hydrogens is 218 g/mol. The number of carbonyl (C=O) groups excluding carboxylic acids is 2. The summed E-state index contributed by atoms with van der Waals surface area (Å²) in [5, 5.41) is 2.63.